The van der Waals surface area contributed by atoms with Gasteiger partial charge in [-0.25, -0.2) is 4.98 Å². The molecule has 1 aliphatic carbocycles. The monoisotopic (exact) mass is 356 g/mol. The normalized spacial score (nSPS) is 21.4. The number of carbonyl (C=O) groups excluding carboxylic acids is 1. The zero-order valence-electron chi connectivity index (χ0n) is 14.8. The average Bonchev–Trinajstić information content (AvgIpc) is 3.03. The van der Waals surface area contributed by atoms with Crippen molar-refractivity contribution in [2.24, 2.45) is 17.3 Å². The van der Waals surface area contributed by atoms with Crippen LogP contribution in [0.15, 0.2) is 30.0 Å². The second-order valence-electron chi connectivity index (χ2n) is 7.20. The third-order valence-corrected chi connectivity index (χ3v) is 4.35. The van der Waals surface area contributed by atoms with Gasteiger partial charge in [-0.05, 0) is 30.7 Å². The van der Waals surface area contributed by atoms with E-state index >= 15 is 0 Å². The van der Waals surface area contributed by atoms with Crippen LogP contribution in [0.3, 0.4) is 0 Å². The first kappa shape index (κ1) is 19.3. The van der Waals surface area contributed by atoms with Crippen LogP contribution in [0.1, 0.15) is 33.3 Å². The van der Waals surface area contributed by atoms with E-state index in [4.69, 9.17) is 0 Å². The number of nitrogens with one attached hydrogen (secondary N) is 1. The van der Waals surface area contributed by atoms with Crippen LogP contribution < -0.4 is 10.1 Å². The fraction of sp³-hybridized carbons (Fsp3) is 0.556. The van der Waals surface area contributed by atoms with E-state index in [9.17, 15) is 18.0 Å². The number of amides is 1. The summed E-state index contributed by atoms with van der Waals surface area (Å²) in [6, 6.07) is 2.95. The van der Waals surface area contributed by atoms with Crippen molar-refractivity contribution in [3.05, 3.63) is 35.5 Å². The van der Waals surface area contributed by atoms with E-state index in [2.05, 4.69) is 35.0 Å². The van der Waals surface area contributed by atoms with Gasteiger partial charge in [0.2, 0.25) is 11.8 Å². The number of nitrogens with zero attached hydrogens (tertiary/aromatic N) is 1. The predicted molar refractivity (Wildman–Crippen MR) is 87.8 cm³/mol. The molecule has 4 nitrogen and oxygen atoms in total. The number of alkyl halides is 3. The summed E-state index contributed by atoms with van der Waals surface area (Å²) in [7, 11) is 0. The highest BCUT2D eigenvalue weighted by molar-refractivity contribution is 5.83. The lowest BCUT2D eigenvalue weighted by Gasteiger charge is -2.09. The Morgan fingerprint density at radius 2 is 2.04 bits per heavy atom. The molecule has 138 valence electrons. The Kier molecular flexibility index (Phi) is 5.44. The summed E-state index contributed by atoms with van der Waals surface area (Å²) >= 11 is 0. The van der Waals surface area contributed by atoms with Gasteiger partial charge in [0.05, 0.1) is 5.92 Å². The molecule has 2 rings (SSSR count). The predicted octanol–water partition coefficient (Wildman–Crippen LogP) is 3.88. The van der Waals surface area contributed by atoms with Gasteiger partial charge in [0.1, 0.15) is 0 Å². The van der Waals surface area contributed by atoms with Gasteiger partial charge in [-0.15, -0.1) is 0 Å². The maximum Gasteiger partial charge on any atom is 0.422 e. The Morgan fingerprint density at radius 1 is 1.36 bits per heavy atom. The van der Waals surface area contributed by atoms with E-state index in [1.807, 2.05) is 13.8 Å². The quantitative estimate of drug-likeness (QED) is 0.787. The zero-order chi connectivity index (χ0) is 18.8. The lowest BCUT2D eigenvalue weighted by atomic mass is 10.1. The summed E-state index contributed by atoms with van der Waals surface area (Å²) in [4.78, 5) is 16.2. The minimum absolute atomic E-state index is 0.0232. The average molecular weight is 356 g/mol. The molecule has 0 unspecified atom stereocenters. The van der Waals surface area contributed by atoms with Crippen LogP contribution in [0.2, 0.25) is 0 Å². The summed E-state index contributed by atoms with van der Waals surface area (Å²) in [5.41, 5.74) is 1.83. The maximum atomic E-state index is 12.4. The van der Waals surface area contributed by atoms with Gasteiger partial charge in [0.25, 0.3) is 0 Å². The van der Waals surface area contributed by atoms with Crippen LogP contribution in [0.25, 0.3) is 0 Å². The molecule has 0 spiro atoms. The molecule has 1 N–H and O–H groups in total. The first-order valence-corrected chi connectivity index (χ1v) is 8.08. The molecule has 0 aliphatic heterocycles. The van der Waals surface area contributed by atoms with E-state index in [0.29, 0.717) is 5.56 Å². The van der Waals surface area contributed by atoms with Gasteiger partial charge >= 0.3 is 6.18 Å². The topological polar surface area (TPSA) is 51.2 Å². The fourth-order valence-corrected chi connectivity index (χ4v) is 2.90. The van der Waals surface area contributed by atoms with Crippen LogP contribution in [0.5, 0.6) is 5.88 Å². The molecule has 1 heterocycles. The molecule has 1 amide bonds. The highest BCUT2D eigenvalue weighted by Gasteiger charge is 2.60. The van der Waals surface area contributed by atoms with Gasteiger partial charge in [-0.3, -0.25) is 4.79 Å². The summed E-state index contributed by atoms with van der Waals surface area (Å²) < 4.78 is 40.8. The Hall–Kier alpha value is -2.05. The van der Waals surface area contributed by atoms with Crippen molar-refractivity contribution in [1.29, 1.82) is 0 Å². The maximum absolute atomic E-state index is 12.4. The molecular weight excluding hydrogens is 333 g/mol. The van der Waals surface area contributed by atoms with E-state index < -0.39 is 12.8 Å². The number of hydrogen-bond donors (Lipinski definition) is 1. The first-order chi connectivity index (χ1) is 11.5. The zero-order valence-corrected chi connectivity index (χ0v) is 14.8. The number of carbonyl (C=O) groups is 1. The van der Waals surface area contributed by atoms with Gasteiger partial charge < -0.3 is 10.1 Å². The molecule has 25 heavy (non-hydrogen) atoms. The molecular formula is C18H23F3N2O2. The van der Waals surface area contributed by atoms with Crippen molar-refractivity contribution in [3.63, 3.8) is 0 Å². The van der Waals surface area contributed by atoms with E-state index in [-0.39, 0.29) is 35.6 Å². The van der Waals surface area contributed by atoms with Gasteiger partial charge in [-0.1, -0.05) is 31.6 Å². The van der Waals surface area contributed by atoms with Crippen LogP contribution in [-0.2, 0) is 11.3 Å². The van der Waals surface area contributed by atoms with E-state index in [1.54, 1.807) is 6.07 Å². The second kappa shape index (κ2) is 7.06. The number of hydrogen-bond acceptors (Lipinski definition) is 3. The largest absolute Gasteiger partial charge is 0.468 e. The summed E-state index contributed by atoms with van der Waals surface area (Å²) in [5.74, 6) is 0.0442. The molecule has 1 fully saturated rings. The number of rotatable bonds is 6. The lowest BCUT2D eigenvalue weighted by molar-refractivity contribution is -0.154. The van der Waals surface area contributed by atoms with Crippen molar-refractivity contribution < 1.29 is 22.7 Å². The van der Waals surface area contributed by atoms with Gasteiger partial charge in [-0.2, -0.15) is 13.2 Å². The van der Waals surface area contributed by atoms with Gasteiger partial charge in [0, 0.05) is 18.8 Å². The molecule has 0 aromatic carbocycles. The number of allylic oxidation sites excluding steroid dienone is 2. The molecule has 1 aromatic rings. The standard InChI is InChI=1S/C18H23F3N2O2/c1-11(2)7-13-15(17(13,3)4)16(24)23-9-12-5-6-14(22-8-12)25-10-18(19,20)21/h5-8,13,15H,9-10H2,1-4H3,(H,23,24)/t13-,15-/m1/s1. The van der Waals surface area contributed by atoms with E-state index in [0.717, 1.165) is 0 Å². The summed E-state index contributed by atoms with van der Waals surface area (Å²) in [6.07, 6.45) is -0.872. The highest BCUT2D eigenvalue weighted by Crippen LogP contribution is 2.59. The number of halogens is 3. The van der Waals surface area contributed by atoms with Crippen LogP contribution in [0, 0.1) is 17.3 Å². The molecule has 7 heteroatoms. The first-order valence-electron chi connectivity index (χ1n) is 8.08. The molecule has 1 saturated carbocycles. The summed E-state index contributed by atoms with van der Waals surface area (Å²) in [6.45, 7) is 7.05. The smallest absolute Gasteiger partial charge is 0.422 e. The van der Waals surface area contributed by atoms with Crippen LogP contribution in [-0.4, -0.2) is 23.7 Å². The van der Waals surface area contributed by atoms with Crippen molar-refractivity contribution in [2.45, 2.75) is 40.4 Å². The van der Waals surface area contributed by atoms with Gasteiger partial charge in [0.15, 0.2) is 6.61 Å². The fourth-order valence-electron chi connectivity index (χ4n) is 2.90. The van der Waals surface area contributed by atoms with Crippen molar-refractivity contribution >= 4 is 5.91 Å². The molecule has 0 bridgehead atoms. The Labute approximate surface area is 145 Å². The minimum Gasteiger partial charge on any atom is -0.468 e. The second-order valence-corrected chi connectivity index (χ2v) is 7.20. The third kappa shape index (κ3) is 5.21. The number of pyridine rings is 1. The number of aromatic nitrogens is 1. The van der Waals surface area contributed by atoms with Crippen molar-refractivity contribution in [2.75, 3.05) is 6.61 Å². The highest BCUT2D eigenvalue weighted by atomic mass is 19.4. The Morgan fingerprint density at radius 3 is 2.56 bits per heavy atom. The molecule has 1 aromatic heterocycles. The molecule has 1 aliphatic rings. The molecule has 0 radical (unpaired) electrons. The Balaban J connectivity index is 1.85. The third-order valence-electron chi connectivity index (χ3n) is 4.35. The summed E-state index contributed by atoms with van der Waals surface area (Å²) in [5, 5.41) is 2.87. The minimum atomic E-state index is -4.40. The Bertz CT molecular complexity index is 647. The molecule has 2 atom stereocenters. The lowest BCUT2D eigenvalue weighted by Crippen LogP contribution is -2.26. The van der Waals surface area contributed by atoms with Crippen LogP contribution >= 0.6 is 0 Å². The van der Waals surface area contributed by atoms with Crippen LogP contribution in [0.4, 0.5) is 13.2 Å². The SMILES string of the molecule is CC(C)=C[C@@H]1[C@H](C(=O)NCc2ccc(OCC(F)(F)F)nc2)C1(C)C. The van der Waals surface area contributed by atoms with Crippen molar-refractivity contribution in [3.8, 4) is 5.88 Å². The molecule has 0 saturated heterocycles. The van der Waals surface area contributed by atoms with Crippen molar-refractivity contribution in [1.82, 2.24) is 10.3 Å². The van der Waals surface area contributed by atoms with E-state index in [1.165, 1.54) is 17.8 Å². The number of ether oxygens (including phenoxy) is 1.